The maximum atomic E-state index is 13.0. The van der Waals surface area contributed by atoms with Crippen molar-refractivity contribution in [2.45, 2.75) is 59.2 Å². The van der Waals surface area contributed by atoms with E-state index in [0.717, 1.165) is 23.1 Å². The fourth-order valence-electron chi connectivity index (χ4n) is 4.83. The Balaban J connectivity index is 1.73. The zero-order valence-electron chi connectivity index (χ0n) is 20.6. The number of rotatable bonds is 6. The number of ketones is 1. The Kier molecular flexibility index (Phi) is 6.69. The largest absolute Gasteiger partial charge is 0.493 e. The van der Waals surface area contributed by atoms with Crippen molar-refractivity contribution in [3.8, 4) is 11.5 Å². The van der Waals surface area contributed by atoms with E-state index in [1.54, 1.807) is 20.2 Å². The van der Waals surface area contributed by atoms with Crippen LogP contribution in [-0.2, 0) is 27.4 Å². The van der Waals surface area contributed by atoms with E-state index in [1.807, 2.05) is 36.4 Å². The molecular formula is C28H33NO5. The lowest BCUT2D eigenvalue weighted by atomic mass is 9.74. The number of nitrogens with zero attached hydrogens (tertiary/aromatic N) is 1. The highest BCUT2D eigenvalue weighted by Crippen LogP contribution is 2.47. The molecular weight excluding hydrogens is 430 g/mol. The van der Waals surface area contributed by atoms with Crippen molar-refractivity contribution < 1.29 is 23.8 Å². The predicted octanol–water partition coefficient (Wildman–Crippen LogP) is 5.01. The van der Waals surface area contributed by atoms with Gasteiger partial charge in [0.05, 0.1) is 19.8 Å². The third-order valence-corrected chi connectivity index (χ3v) is 6.61. The molecule has 0 spiro atoms. The maximum absolute atomic E-state index is 13.0. The van der Waals surface area contributed by atoms with E-state index in [1.165, 1.54) is 0 Å². The van der Waals surface area contributed by atoms with Crippen LogP contribution in [0.1, 0.15) is 56.8 Å². The molecule has 2 aliphatic heterocycles. The molecule has 0 fully saturated rings. The van der Waals surface area contributed by atoms with Gasteiger partial charge in [0.1, 0.15) is 12.2 Å². The minimum Gasteiger partial charge on any atom is -0.493 e. The molecule has 0 saturated heterocycles. The molecule has 2 heterocycles. The van der Waals surface area contributed by atoms with Crippen molar-refractivity contribution in [3.63, 3.8) is 0 Å². The summed E-state index contributed by atoms with van der Waals surface area (Å²) in [4.78, 5) is 27.6. The summed E-state index contributed by atoms with van der Waals surface area (Å²) >= 11 is 0. The van der Waals surface area contributed by atoms with Crippen LogP contribution in [0.15, 0.2) is 54.2 Å². The van der Waals surface area contributed by atoms with Gasteiger partial charge in [-0.2, -0.15) is 0 Å². The molecule has 6 nitrogen and oxygen atoms in total. The summed E-state index contributed by atoms with van der Waals surface area (Å²) in [7, 11) is 1.63. The van der Waals surface area contributed by atoms with Crippen LogP contribution in [0.5, 0.6) is 11.5 Å². The predicted molar refractivity (Wildman–Crippen MR) is 130 cm³/mol. The summed E-state index contributed by atoms with van der Waals surface area (Å²) in [6.45, 7) is 8.98. The Hall–Kier alpha value is -3.28. The van der Waals surface area contributed by atoms with Gasteiger partial charge in [0.15, 0.2) is 17.3 Å². The Morgan fingerprint density at radius 2 is 1.82 bits per heavy atom. The van der Waals surface area contributed by atoms with E-state index in [0.29, 0.717) is 18.1 Å². The molecule has 2 atom stereocenters. The van der Waals surface area contributed by atoms with E-state index in [9.17, 15) is 9.59 Å². The Morgan fingerprint density at radius 1 is 1.09 bits per heavy atom. The number of fused-ring (bicyclic) bond motifs is 3. The molecule has 2 aliphatic rings. The number of carbonyl (C=O) groups excluding carboxylic acids is 2. The van der Waals surface area contributed by atoms with E-state index >= 15 is 0 Å². The standard InChI is InChI=1S/C28H33NO5/c1-6-33-27(31)21-16-29-22(15-23(21)30)20-14-24(32-5)25(34-17-18-10-8-7-9-11-18)12-19(20)13-26(29)28(2,3)4/h7-12,14,16,22,26H,6,13,15,17H2,1-5H3. The first-order valence-corrected chi connectivity index (χ1v) is 11.8. The second kappa shape index (κ2) is 9.53. The smallest absolute Gasteiger partial charge is 0.343 e. The van der Waals surface area contributed by atoms with Gasteiger partial charge in [0.25, 0.3) is 0 Å². The van der Waals surface area contributed by atoms with Gasteiger partial charge in [-0.25, -0.2) is 4.79 Å². The van der Waals surface area contributed by atoms with Crippen molar-refractivity contribution in [1.29, 1.82) is 0 Å². The summed E-state index contributed by atoms with van der Waals surface area (Å²) in [5.74, 6) is 0.586. The molecule has 0 aliphatic carbocycles. The van der Waals surface area contributed by atoms with Gasteiger partial charge in [-0.15, -0.1) is 0 Å². The fraction of sp³-hybridized carbons (Fsp3) is 0.429. The average molecular weight is 464 g/mol. The van der Waals surface area contributed by atoms with Crippen LogP contribution >= 0.6 is 0 Å². The molecule has 6 heteroatoms. The minimum absolute atomic E-state index is 0.0857. The number of hydrogen-bond donors (Lipinski definition) is 0. The molecule has 0 aromatic heterocycles. The van der Waals surface area contributed by atoms with E-state index in [2.05, 4.69) is 31.7 Å². The molecule has 4 rings (SSSR count). The SMILES string of the molecule is CCOC(=O)C1=CN2C(CC1=O)c1cc(OC)c(OCc3ccccc3)cc1CC2C(C)(C)C. The van der Waals surface area contributed by atoms with Crippen molar-refractivity contribution in [2.75, 3.05) is 13.7 Å². The Labute approximate surface area is 201 Å². The van der Waals surface area contributed by atoms with Crippen LogP contribution in [0.4, 0.5) is 0 Å². The fourth-order valence-corrected chi connectivity index (χ4v) is 4.83. The van der Waals surface area contributed by atoms with Crippen LogP contribution in [-0.4, -0.2) is 36.4 Å². The third-order valence-electron chi connectivity index (χ3n) is 6.61. The first kappa shape index (κ1) is 23.9. The number of Topliss-reactive ketones (excluding diaryl/α,β-unsaturated/α-hetero) is 1. The highest BCUT2D eigenvalue weighted by atomic mass is 16.5. The lowest BCUT2D eigenvalue weighted by Crippen LogP contribution is -2.50. The molecule has 0 radical (unpaired) electrons. The van der Waals surface area contributed by atoms with Crippen molar-refractivity contribution in [3.05, 3.63) is 70.9 Å². The molecule has 180 valence electrons. The first-order chi connectivity index (χ1) is 16.2. The van der Waals surface area contributed by atoms with Crippen LogP contribution < -0.4 is 9.47 Å². The molecule has 34 heavy (non-hydrogen) atoms. The first-order valence-electron chi connectivity index (χ1n) is 11.8. The van der Waals surface area contributed by atoms with E-state index in [4.69, 9.17) is 14.2 Å². The lowest BCUT2D eigenvalue weighted by molar-refractivity contribution is -0.140. The van der Waals surface area contributed by atoms with Crippen LogP contribution in [0.25, 0.3) is 0 Å². The third kappa shape index (κ3) is 4.67. The zero-order valence-corrected chi connectivity index (χ0v) is 20.6. The number of carbonyl (C=O) groups is 2. The van der Waals surface area contributed by atoms with Crippen LogP contribution in [0.3, 0.4) is 0 Å². The molecule has 0 amide bonds. The normalized spacial score (nSPS) is 19.6. The summed E-state index contributed by atoms with van der Waals surface area (Å²) in [5.41, 5.74) is 3.31. The topological polar surface area (TPSA) is 65.1 Å². The van der Waals surface area contributed by atoms with Crippen molar-refractivity contribution >= 4 is 11.8 Å². The Morgan fingerprint density at radius 3 is 2.47 bits per heavy atom. The number of esters is 1. The van der Waals surface area contributed by atoms with Crippen LogP contribution in [0.2, 0.25) is 0 Å². The minimum atomic E-state index is -0.549. The second-order valence-electron chi connectivity index (χ2n) is 9.92. The van der Waals surface area contributed by atoms with E-state index in [-0.39, 0.29) is 41.9 Å². The number of ether oxygens (including phenoxy) is 3. The van der Waals surface area contributed by atoms with Gasteiger partial charge in [-0.1, -0.05) is 51.1 Å². The zero-order chi connectivity index (χ0) is 24.5. The molecule has 2 unspecified atom stereocenters. The lowest BCUT2D eigenvalue weighted by Gasteiger charge is -2.50. The highest BCUT2D eigenvalue weighted by molar-refractivity contribution is 6.17. The van der Waals surface area contributed by atoms with Gasteiger partial charge in [-0.05, 0) is 47.6 Å². The van der Waals surface area contributed by atoms with Gasteiger partial charge in [0, 0.05) is 18.7 Å². The Bertz CT molecular complexity index is 1100. The van der Waals surface area contributed by atoms with Crippen molar-refractivity contribution in [1.82, 2.24) is 4.90 Å². The summed E-state index contributed by atoms with van der Waals surface area (Å²) in [5, 5.41) is 0. The molecule has 0 bridgehead atoms. The molecule has 0 saturated carbocycles. The van der Waals surface area contributed by atoms with Gasteiger partial charge < -0.3 is 19.1 Å². The quantitative estimate of drug-likeness (QED) is 0.443. The average Bonchev–Trinajstić information content (AvgIpc) is 2.81. The number of methoxy groups -OCH3 is 1. The second-order valence-corrected chi connectivity index (χ2v) is 9.92. The van der Waals surface area contributed by atoms with E-state index < -0.39 is 5.97 Å². The van der Waals surface area contributed by atoms with Gasteiger partial charge in [0.2, 0.25) is 0 Å². The maximum Gasteiger partial charge on any atom is 0.343 e. The van der Waals surface area contributed by atoms with Gasteiger partial charge >= 0.3 is 5.97 Å². The monoisotopic (exact) mass is 463 g/mol. The molecule has 2 aromatic carbocycles. The summed E-state index contributed by atoms with van der Waals surface area (Å²) in [6.07, 6.45) is 2.71. The summed E-state index contributed by atoms with van der Waals surface area (Å²) < 4.78 is 17.0. The number of hydrogen-bond acceptors (Lipinski definition) is 6. The van der Waals surface area contributed by atoms with Crippen molar-refractivity contribution in [2.24, 2.45) is 5.41 Å². The van der Waals surface area contributed by atoms with Gasteiger partial charge in [-0.3, -0.25) is 4.79 Å². The number of benzene rings is 2. The highest BCUT2D eigenvalue weighted by Gasteiger charge is 2.44. The molecule has 2 aromatic rings. The summed E-state index contributed by atoms with van der Waals surface area (Å²) in [6, 6.07) is 14.0. The van der Waals surface area contributed by atoms with Crippen LogP contribution in [0, 0.1) is 5.41 Å². The molecule has 0 N–H and O–H groups in total.